The number of rotatable bonds is 0. The zero-order valence-corrected chi connectivity index (χ0v) is 13.4. The van der Waals surface area contributed by atoms with Crippen LogP contribution in [0.15, 0.2) is 0 Å². The fourth-order valence-electron chi connectivity index (χ4n) is 2.57. The number of halogens is 3. The van der Waals surface area contributed by atoms with Crippen LogP contribution in [0.1, 0.15) is 43.3 Å². The van der Waals surface area contributed by atoms with Gasteiger partial charge in [-0.25, -0.2) is 4.79 Å². The van der Waals surface area contributed by atoms with E-state index in [9.17, 15) is 23.2 Å². The van der Waals surface area contributed by atoms with Gasteiger partial charge in [0.15, 0.2) is 0 Å². The third-order valence-corrected chi connectivity index (χ3v) is 3.45. The van der Waals surface area contributed by atoms with Crippen molar-refractivity contribution in [3.8, 4) is 12.1 Å². The molecule has 2 heterocycles. The first-order valence-corrected chi connectivity index (χ1v) is 7.10. The molecule has 6 nitrogen and oxygen atoms in total. The number of nitriles is 2. The predicted octanol–water partition coefficient (Wildman–Crippen LogP) is 3.00. The molecule has 1 aromatic rings. The third-order valence-electron chi connectivity index (χ3n) is 3.45. The average molecular weight is 340 g/mol. The van der Waals surface area contributed by atoms with Crippen molar-refractivity contribution in [3.05, 3.63) is 22.5 Å². The summed E-state index contributed by atoms with van der Waals surface area (Å²) in [5.41, 5.74) is -2.94. The van der Waals surface area contributed by atoms with Crippen molar-refractivity contribution in [2.75, 3.05) is 6.54 Å². The lowest BCUT2D eigenvalue weighted by molar-refractivity contribution is -0.144. The molecule has 0 saturated heterocycles. The number of ether oxygens (including phenoxy) is 1. The summed E-state index contributed by atoms with van der Waals surface area (Å²) in [5, 5.41) is 18.2. The Kier molecular flexibility index (Phi) is 4.23. The van der Waals surface area contributed by atoms with Crippen LogP contribution in [-0.2, 0) is 24.0 Å². The molecular formula is C15H15F3N4O2. The number of hydrogen-bond acceptors (Lipinski definition) is 4. The van der Waals surface area contributed by atoms with Crippen molar-refractivity contribution in [3.63, 3.8) is 0 Å². The highest BCUT2D eigenvalue weighted by molar-refractivity contribution is 5.69. The molecule has 0 N–H and O–H groups in total. The maximum Gasteiger partial charge on any atom is 0.432 e. The van der Waals surface area contributed by atoms with Crippen molar-refractivity contribution in [2.24, 2.45) is 0 Å². The van der Waals surface area contributed by atoms with E-state index < -0.39 is 29.1 Å². The molecule has 0 spiro atoms. The lowest BCUT2D eigenvalue weighted by atomic mass is 10.1. The molecule has 0 aromatic carbocycles. The van der Waals surface area contributed by atoms with Gasteiger partial charge in [0, 0.05) is 13.1 Å². The van der Waals surface area contributed by atoms with Crippen LogP contribution in [0.4, 0.5) is 18.0 Å². The summed E-state index contributed by atoms with van der Waals surface area (Å²) < 4.78 is 45.9. The third kappa shape index (κ3) is 3.16. The molecule has 128 valence electrons. The summed E-state index contributed by atoms with van der Waals surface area (Å²) >= 11 is 0. The van der Waals surface area contributed by atoms with Crippen molar-refractivity contribution >= 4 is 6.09 Å². The topological polar surface area (TPSA) is 82.0 Å². The highest BCUT2D eigenvalue weighted by Crippen LogP contribution is 2.38. The van der Waals surface area contributed by atoms with Crippen molar-refractivity contribution < 1.29 is 22.7 Å². The molecule has 0 atom stereocenters. The maximum absolute atomic E-state index is 13.3. The molecule has 1 aliphatic heterocycles. The Hall–Kier alpha value is -2.68. The molecule has 0 radical (unpaired) electrons. The van der Waals surface area contributed by atoms with Crippen molar-refractivity contribution in [1.29, 1.82) is 10.5 Å². The van der Waals surface area contributed by atoms with Crippen LogP contribution in [0.5, 0.6) is 0 Å². The van der Waals surface area contributed by atoms with Gasteiger partial charge in [-0.2, -0.15) is 23.7 Å². The molecule has 0 unspecified atom stereocenters. The summed E-state index contributed by atoms with van der Waals surface area (Å²) in [6.07, 6.45) is -5.44. The number of carbonyl (C=O) groups excluding carboxylic acids is 1. The first kappa shape index (κ1) is 17.7. The second-order valence-corrected chi connectivity index (χ2v) is 6.32. The Morgan fingerprint density at radius 3 is 2.17 bits per heavy atom. The summed E-state index contributed by atoms with van der Waals surface area (Å²) in [5.74, 6) is 0. The largest absolute Gasteiger partial charge is 0.444 e. The minimum Gasteiger partial charge on any atom is -0.444 e. The minimum atomic E-state index is -4.76. The summed E-state index contributed by atoms with van der Waals surface area (Å²) in [4.78, 5) is 13.3. The Labute approximate surface area is 136 Å². The van der Waals surface area contributed by atoms with E-state index in [1.807, 2.05) is 0 Å². The van der Waals surface area contributed by atoms with Gasteiger partial charge in [0.05, 0.1) is 17.8 Å². The zero-order chi connectivity index (χ0) is 18.3. The number of hydrogen-bond donors (Lipinski definition) is 0. The van der Waals surface area contributed by atoms with Gasteiger partial charge in [0.2, 0.25) is 0 Å². The number of fused-ring (bicyclic) bond motifs is 1. The normalized spacial score (nSPS) is 14.6. The summed E-state index contributed by atoms with van der Waals surface area (Å²) in [7, 11) is 0. The average Bonchev–Trinajstić information content (AvgIpc) is 2.77. The van der Waals surface area contributed by atoms with Crippen LogP contribution in [0, 0.1) is 22.7 Å². The van der Waals surface area contributed by atoms with Crippen molar-refractivity contribution in [2.45, 2.75) is 45.6 Å². The van der Waals surface area contributed by atoms with E-state index in [0.717, 1.165) is 4.57 Å². The van der Waals surface area contributed by atoms with Gasteiger partial charge in [-0.15, -0.1) is 0 Å². The van der Waals surface area contributed by atoms with Gasteiger partial charge in [-0.1, -0.05) is 0 Å². The van der Waals surface area contributed by atoms with E-state index in [1.54, 1.807) is 26.8 Å². The number of carbonyl (C=O) groups is 1. The second kappa shape index (κ2) is 5.75. The molecule has 0 aliphatic carbocycles. The summed E-state index contributed by atoms with van der Waals surface area (Å²) in [6.45, 7) is 4.63. The number of alkyl halides is 3. The predicted molar refractivity (Wildman–Crippen MR) is 75.5 cm³/mol. The Bertz CT molecular complexity index is 760. The molecule has 2 rings (SSSR count). The minimum absolute atomic E-state index is 0.00140. The van der Waals surface area contributed by atoms with Crippen molar-refractivity contribution in [1.82, 2.24) is 9.47 Å². The molecule has 9 heteroatoms. The van der Waals surface area contributed by atoms with E-state index >= 15 is 0 Å². The fourth-order valence-corrected chi connectivity index (χ4v) is 2.57. The van der Waals surface area contributed by atoms with Crippen LogP contribution >= 0.6 is 0 Å². The quantitative estimate of drug-likeness (QED) is 0.727. The highest BCUT2D eigenvalue weighted by Gasteiger charge is 2.43. The van der Waals surface area contributed by atoms with E-state index in [2.05, 4.69) is 0 Å². The first-order chi connectivity index (χ1) is 11.0. The van der Waals surface area contributed by atoms with Gasteiger partial charge in [-0.3, -0.25) is 0 Å². The molecule has 0 saturated carbocycles. The van der Waals surface area contributed by atoms with Gasteiger partial charge < -0.3 is 14.2 Å². The lowest BCUT2D eigenvalue weighted by Gasteiger charge is -2.31. The zero-order valence-electron chi connectivity index (χ0n) is 13.4. The fraction of sp³-hybridized carbons (Fsp3) is 0.533. The van der Waals surface area contributed by atoms with Crippen LogP contribution in [0.25, 0.3) is 0 Å². The van der Waals surface area contributed by atoms with Crippen LogP contribution in [-0.4, -0.2) is 27.7 Å². The molecule has 1 aromatic heterocycles. The molecule has 0 fully saturated rings. The van der Waals surface area contributed by atoms with E-state index in [4.69, 9.17) is 10.00 Å². The first-order valence-electron chi connectivity index (χ1n) is 7.10. The van der Waals surface area contributed by atoms with E-state index in [1.165, 1.54) is 11.0 Å². The number of amides is 1. The number of aromatic nitrogens is 1. The SMILES string of the molecule is CC(C)(C)OC(=O)N1CCn2c(c(C#N)c(C#N)c2C(F)(F)F)C1. The smallest absolute Gasteiger partial charge is 0.432 e. The Balaban J connectivity index is 2.46. The van der Waals surface area contributed by atoms with Gasteiger partial charge in [0.25, 0.3) is 0 Å². The molecular weight excluding hydrogens is 325 g/mol. The maximum atomic E-state index is 13.3. The Morgan fingerprint density at radius 2 is 1.71 bits per heavy atom. The molecule has 1 aliphatic rings. The van der Waals surface area contributed by atoms with Crippen LogP contribution in [0.3, 0.4) is 0 Å². The van der Waals surface area contributed by atoms with E-state index in [-0.39, 0.29) is 30.9 Å². The second-order valence-electron chi connectivity index (χ2n) is 6.32. The standard InChI is InChI=1S/C15H15F3N4O2/c1-14(2,3)24-13(23)21-4-5-22-11(8-21)9(6-19)10(7-20)12(22)15(16,17)18/h4-5,8H2,1-3H3. The molecule has 24 heavy (non-hydrogen) atoms. The molecule has 0 bridgehead atoms. The summed E-state index contributed by atoms with van der Waals surface area (Å²) in [6, 6.07) is 3.12. The molecule has 1 amide bonds. The monoisotopic (exact) mass is 340 g/mol. The number of nitrogens with zero attached hydrogens (tertiary/aromatic N) is 4. The lowest BCUT2D eigenvalue weighted by Crippen LogP contribution is -2.42. The van der Waals surface area contributed by atoms with Crippen LogP contribution in [0.2, 0.25) is 0 Å². The van der Waals surface area contributed by atoms with Gasteiger partial charge in [0.1, 0.15) is 29.0 Å². The van der Waals surface area contributed by atoms with Crippen LogP contribution < -0.4 is 0 Å². The highest BCUT2D eigenvalue weighted by atomic mass is 19.4. The van der Waals surface area contributed by atoms with Gasteiger partial charge >= 0.3 is 12.3 Å². The van der Waals surface area contributed by atoms with Gasteiger partial charge in [-0.05, 0) is 20.8 Å². The Morgan fingerprint density at radius 1 is 1.12 bits per heavy atom. The van der Waals surface area contributed by atoms with E-state index in [0.29, 0.717) is 0 Å².